The molecule has 0 aliphatic rings. The molecular weight excluding hydrogens is 267 g/mol. The molecule has 0 bridgehead atoms. The average Bonchev–Trinajstić information content (AvgIpc) is 2.83. The number of nitrogens with one attached hydrogen (secondary N) is 1. The molecule has 1 aromatic rings. The average molecular weight is 281 g/mol. The van der Waals surface area contributed by atoms with Gasteiger partial charge in [-0.25, -0.2) is 4.79 Å². The standard InChI is InChI=1S/C11H14F3NO4/c12-11(13,14)8-19-10(16)15-4-2-5-17-7-9-3-1-6-18-9/h1,3,6H,2,4-5,7-8H2,(H,15,16). The summed E-state index contributed by atoms with van der Waals surface area (Å²) in [5.41, 5.74) is 0. The van der Waals surface area contributed by atoms with Gasteiger partial charge in [-0.2, -0.15) is 13.2 Å². The summed E-state index contributed by atoms with van der Waals surface area (Å²) < 4.78 is 49.3. The summed E-state index contributed by atoms with van der Waals surface area (Å²) in [5, 5.41) is 2.18. The first-order valence-electron chi connectivity index (χ1n) is 5.55. The Labute approximate surface area is 107 Å². The molecule has 1 rings (SSSR count). The minimum absolute atomic E-state index is 0.175. The summed E-state index contributed by atoms with van der Waals surface area (Å²) in [4.78, 5) is 10.8. The molecule has 0 atom stereocenters. The molecule has 19 heavy (non-hydrogen) atoms. The van der Waals surface area contributed by atoms with Gasteiger partial charge >= 0.3 is 12.3 Å². The van der Waals surface area contributed by atoms with Crippen LogP contribution in [0.25, 0.3) is 0 Å². The zero-order chi connectivity index (χ0) is 14.1. The predicted molar refractivity (Wildman–Crippen MR) is 58.4 cm³/mol. The van der Waals surface area contributed by atoms with Crippen LogP contribution in [0.1, 0.15) is 12.2 Å². The molecule has 1 amide bonds. The number of hydrogen-bond acceptors (Lipinski definition) is 4. The number of halogens is 3. The van der Waals surface area contributed by atoms with E-state index < -0.39 is 18.9 Å². The minimum atomic E-state index is -4.51. The number of rotatable bonds is 7. The van der Waals surface area contributed by atoms with Gasteiger partial charge in [-0.05, 0) is 18.6 Å². The Morgan fingerprint density at radius 2 is 2.21 bits per heavy atom. The zero-order valence-electron chi connectivity index (χ0n) is 10.0. The fourth-order valence-corrected chi connectivity index (χ4v) is 1.13. The predicted octanol–water partition coefficient (Wildman–Crippen LogP) is 2.47. The second-order valence-electron chi connectivity index (χ2n) is 3.60. The van der Waals surface area contributed by atoms with E-state index in [1.54, 1.807) is 12.1 Å². The number of furan rings is 1. The van der Waals surface area contributed by atoms with Gasteiger partial charge in [-0.15, -0.1) is 0 Å². The highest BCUT2D eigenvalue weighted by Crippen LogP contribution is 2.14. The molecule has 0 aliphatic carbocycles. The van der Waals surface area contributed by atoms with Crippen LogP contribution in [0.3, 0.4) is 0 Å². The van der Waals surface area contributed by atoms with E-state index in [1.165, 1.54) is 6.26 Å². The highest BCUT2D eigenvalue weighted by Gasteiger charge is 2.29. The van der Waals surface area contributed by atoms with E-state index in [-0.39, 0.29) is 6.54 Å². The fourth-order valence-electron chi connectivity index (χ4n) is 1.13. The van der Waals surface area contributed by atoms with Gasteiger partial charge in [0.05, 0.1) is 6.26 Å². The van der Waals surface area contributed by atoms with Crippen LogP contribution < -0.4 is 5.32 Å². The second kappa shape index (κ2) is 7.67. The summed E-state index contributed by atoms with van der Waals surface area (Å²) >= 11 is 0. The molecule has 8 heteroatoms. The van der Waals surface area contributed by atoms with Crippen molar-refractivity contribution in [2.75, 3.05) is 19.8 Å². The van der Waals surface area contributed by atoms with Gasteiger partial charge in [0, 0.05) is 13.2 Å². The first kappa shape index (κ1) is 15.4. The molecule has 0 spiro atoms. The smallest absolute Gasteiger partial charge is 0.422 e. The Morgan fingerprint density at radius 1 is 1.42 bits per heavy atom. The van der Waals surface area contributed by atoms with Crippen LogP contribution in [0.5, 0.6) is 0 Å². The lowest BCUT2D eigenvalue weighted by molar-refractivity contribution is -0.160. The van der Waals surface area contributed by atoms with Crippen LogP contribution in [0.2, 0.25) is 0 Å². The van der Waals surface area contributed by atoms with Crippen molar-refractivity contribution in [2.45, 2.75) is 19.2 Å². The summed E-state index contributed by atoms with van der Waals surface area (Å²) in [7, 11) is 0. The number of carbonyl (C=O) groups excluding carboxylic acids is 1. The van der Waals surface area contributed by atoms with Crippen molar-refractivity contribution in [2.24, 2.45) is 0 Å². The highest BCUT2D eigenvalue weighted by molar-refractivity contribution is 5.67. The maximum absolute atomic E-state index is 11.7. The Balaban J connectivity index is 1.94. The number of ether oxygens (including phenoxy) is 2. The van der Waals surface area contributed by atoms with Gasteiger partial charge in [0.15, 0.2) is 6.61 Å². The second-order valence-corrected chi connectivity index (χ2v) is 3.60. The van der Waals surface area contributed by atoms with Gasteiger partial charge in [0.1, 0.15) is 12.4 Å². The lowest BCUT2D eigenvalue weighted by Crippen LogP contribution is -2.30. The minimum Gasteiger partial charge on any atom is -0.467 e. The summed E-state index contributed by atoms with van der Waals surface area (Å²) in [6, 6.07) is 3.49. The van der Waals surface area contributed by atoms with Crippen molar-refractivity contribution in [1.82, 2.24) is 5.32 Å². The van der Waals surface area contributed by atoms with Gasteiger partial charge in [0.25, 0.3) is 0 Å². The van der Waals surface area contributed by atoms with Crippen LogP contribution in [-0.4, -0.2) is 32.0 Å². The van der Waals surface area contributed by atoms with Crippen LogP contribution >= 0.6 is 0 Å². The highest BCUT2D eigenvalue weighted by atomic mass is 19.4. The van der Waals surface area contributed by atoms with E-state index in [0.29, 0.717) is 25.4 Å². The first-order valence-corrected chi connectivity index (χ1v) is 5.55. The maximum Gasteiger partial charge on any atom is 0.422 e. The topological polar surface area (TPSA) is 60.7 Å². The Morgan fingerprint density at radius 3 is 2.84 bits per heavy atom. The summed E-state index contributed by atoms with van der Waals surface area (Å²) in [5.74, 6) is 0.678. The van der Waals surface area contributed by atoms with Crippen molar-refractivity contribution in [3.05, 3.63) is 24.2 Å². The third-order valence-corrected chi connectivity index (χ3v) is 1.93. The third kappa shape index (κ3) is 8.09. The first-order chi connectivity index (χ1) is 8.97. The number of alkyl halides is 3. The molecule has 1 N–H and O–H groups in total. The van der Waals surface area contributed by atoms with E-state index in [4.69, 9.17) is 9.15 Å². The molecule has 1 heterocycles. The number of hydrogen-bond donors (Lipinski definition) is 1. The monoisotopic (exact) mass is 281 g/mol. The van der Waals surface area contributed by atoms with Crippen LogP contribution in [0.15, 0.2) is 22.8 Å². The zero-order valence-corrected chi connectivity index (χ0v) is 10.0. The molecule has 0 unspecified atom stereocenters. The molecule has 0 fully saturated rings. The number of amides is 1. The molecule has 0 aromatic carbocycles. The van der Waals surface area contributed by atoms with Crippen molar-refractivity contribution in [3.8, 4) is 0 Å². The quantitative estimate of drug-likeness (QED) is 0.780. The van der Waals surface area contributed by atoms with Crippen molar-refractivity contribution in [3.63, 3.8) is 0 Å². The van der Waals surface area contributed by atoms with Gasteiger partial charge < -0.3 is 19.2 Å². The van der Waals surface area contributed by atoms with Gasteiger partial charge in [-0.3, -0.25) is 0 Å². The van der Waals surface area contributed by atoms with Crippen LogP contribution in [0.4, 0.5) is 18.0 Å². The lowest BCUT2D eigenvalue weighted by atomic mass is 10.4. The van der Waals surface area contributed by atoms with E-state index in [9.17, 15) is 18.0 Å². The Kier molecular flexibility index (Phi) is 6.20. The molecule has 1 aromatic heterocycles. The molecule has 108 valence electrons. The molecule has 5 nitrogen and oxygen atoms in total. The molecule has 0 saturated carbocycles. The summed E-state index contributed by atoms with van der Waals surface area (Å²) in [6.45, 7) is -0.756. The van der Waals surface area contributed by atoms with E-state index in [1.807, 2.05) is 0 Å². The molecule has 0 saturated heterocycles. The SMILES string of the molecule is O=C(NCCCOCc1ccco1)OCC(F)(F)F. The molecule has 0 radical (unpaired) electrons. The van der Waals surface area contributed by atoms with Crippen molar-refractivity contribution < 1.29 is 31.9 Å². The van der Waals surface area contributed by atoms with Gasteiger partial charge in [-0.1, -0.05) is 0 Å². The van der Waals surface area contributed by atoms with Crippen LogP contribution in [0, 0.1) is 0 Å². The fraction of sp³-hybridized carbons (Fsp3) is 0.545. The van der Waals surface area contributed by atoms with Crippen LogP contribution in [-0.2, 0) is 16.1 Å². The molecular formula is C11H14F3NO4. The van der Waals surface area contributed by atoms with Gasteiger partial charge in [0.2, 0.25) is 0 Å². The Bertz CT molecular complexity index is 365. The van der Waals surface area contributed by atoms with E-state index >= 15 is 0 Å². The van der Waals surface area contributed by atoms with E-state index in [0.717, 1.165) is 0 Å². The lowest BCUT2D eigenvalue weighted by Gasteiger charge is -2.09. The third-order valence-electron chi connectivity index (χ3n) is 1.93. The van der Waals surface area contributed by atoms with Crippen molar-refractivity contribution in [1.29, 1.82) is 0 Å². The van der Waals surface area contributed by atoms with Crippen molar-refractivity contribution >= 4 is 6.09 Å². The Hall–Kier alpha value is -1.70. The number of alkyl carbamates (subject to hydrolysis) is 1. The molecule has 0 aliphatic heterocycles. The largest absolute Gasteiger partial charge is 0.467 e. The normalized spacial score (nSPS) is 11.3. The summed E-state index contributed by atoms with van der Waals surface area (Å²) in [6.07, 6.45) is -3.62. The van der Waals surface area contributed by atoms with E-state index in [2.05, 4.69) is 10.1 Å². The maximum atomic E-state index is 11.7. The number of carbonyl (C=O) groups is 1.